The highest BCUT2D eigenvalue weighted by atomic mass is 35.5. The number of amides is 1. The molecule has 0 spiro atoms. The monoisotopic (exact) mass is 547 g/mol. The number of methoxy groups -OCH3 is 2. The topological polar surface area (TPSA) is 75.0 Å². The van der Waals surface area contributed by atoms with Crippen LogP contribution in [0.5, 0.6) is 17.2 Å². The zero-order valence-corrected chi connectivity index (χ0v) is 22.6. The number of thioether (sulfide) groups is 1. The number of carbonyl (C=O) groups excluding carboxylic acids is 1. The molecule has 0 radical (unpaired) electrons. The Kier molecular flexibility index (Phi) is 7.68. The van der Waals surface area contributed by atoms with Crippen LogP contribution in [-0.2, 0) is 11.4 Å². The molecule has 0 N–H and O–H groups in total. The largest absolute Gasteiger partial charge is 0.497 e. The predicted octanol–water partition coefficient (Wildman–Crippen LogP) is 6.16. The fraction of sp³-hybridized carbons (Fsp3) is 0.241. The number of hydrogen-bond acceptors (Lipinski definition) is 7. The Balaban J connectivity index is 1.33. The highest BCUT2D eigenvalue weighted by Gasteiger charge is 2.38. The quantitative estimate of drug-likeness (QED) is 0.351. The molecule has 1 fully saturated rings. The molecule has 3 aromatic rings. The molecular weight excluding hydrogens is 522 g/mol. The van der Waals surface area contributed by atoms with Crippen LogP contribution >= 0.6 is 23.4 Å². The number of rotatable bonds is 7. The first-order chi connectivity index (χ1) is 18.5. The van der Waals surface area contributed by atoms with Gasteiger partial charge in [0.05, 0.1) is 49.1 Å². The van der Waals surface area contributed by atoms with Gasteiger partial charge in [0.25, 0.3) is 0 Å². The van der Waals surface area contributed by atoms with Crippen molar-refractivity contribution in [2.75, 3.05) is 31.7 Å². The van der Waals surface area contributed by atoms with Crippen LogP contribution in [0.4, 0.5) is 5.69 Å². The number of carbonyl (C=O) groups is 1. The summed E-state index contributed by atoms with van der Waals surface area (Å²) in [6, 6.07) is 23.2. The third-order valence-corrected chi connectivity index (χ3v) is 8.03. The van der Waals surface area contributed by atoms with Crippen LogP contribution in [0.25, 0.3) is 0 Å². The lowest BCUT2D eigenvalue weighted by molar-refractivity contribution is -0.129. The van der Waals surface area contributed by atoms with Gasteiger partial charge in [-0.2, -0.15) is 5.26 Å². The number of fused-ring (bicyclic) bond motifs is 1. The van der Waals surface area contributed by atoms with Gasteiger partial charge in [-0.15, -0.1) is 0 Å². The van der Waals surface area contributed by atoms with Gasteiger partial charge in [0.15, 0.2) is 0 Å². The van der Waals surface area contributed by atoms with Crippen molar-refractivity contribution in [2.24, 2.45) is 0 Å². The highest BCUT2D eigenvalue weighted by Crippen LogP contribution is 2.44. The van der Waals surface area contributed by atoms with E-state index in [9.17, 15) is 10.1 Å². The standard InChI is InChI=1S/C29H26ClN3O4S/c1-35-23-11-12-26(27(13-23)36-2)32-17-33-28(34)14-24(25(15-31)29(33)38-18-32)20-5-9-22(10-6-20)37-16-19-3-7-21(30)8-4-19/h3-13,24H,14,16-18H2,1-2H3/t24-/m0/s1. The fourth-order valence-electron chi connectivity index (χ4n) is 4.59. The molecule has 1 saturated heterocycles. The number of halogens is 1. The normalized spacial score (nSPS) is 17.1. The molecule has 0 unspecified atom stereocenters. The van der Waals surface area contributed by atoms with Crippen LogP contribution in [-0.4, -0.2) is 37.6 Å². The van der Waals surface area contributed by atoms with Crippen molar-refractivity contribution < 1.29 is 19.0 Å². The van der Waals surface area contributed by atoms with Crippen molar-refractivity contribution in [3.05, 3.63) is 93.5 Å². The van der Waals surface area contributed by atoms with Gasteiger partial charge in [-0.25, -0.2) is 0 Å². The SMILES string of the molecule is COc1ccc(N2CSC3=C(C#N)[C@H](c4ccc(OCc5ccc(Cl)cc5)cc4)CC(=O)N3C2)c(OC)c1. The van der Waals surface area contributed by atoms with Crippen LogP contribution in [0.15, 0.2) is 77.3 Å². The molecule has 0 bridgehead atoms. The molecular formula is C29H26ClN3O4S. The summed E-state index contributed by atoms with van der Waals surface area (Å²) >= 11 is 7.44. The minimum atomic E-state index is -0.293. The Morgan fingerprint density at radius 2 is 1.76 bits per heavy atom. The minimum Gasteiger partial charge on any atom is -0.497 e. The van der Waals surface area contributed by atoms with Crippen LogP contribution in [0, 0.1) is 11.3 Å². The van der Waals surface area contributed by atoms with Gasteiger partial charge >= 0.3 is 0 Å². The van der Waals surface area contributed by atoms with Gasteiger partial charge in [0, 0.05) is 23.4 Å². The number of allylic oxidation sites excluding steroid dienone is 1. The van der Waals surface area contributed by atoms with Gasteiger partial charge in [-0.1, -0.05) is 47.6 Å². The molecule has 2 heterocycles. The van der Waals surface area contributed by atoms with Crippen LogP contribution in [0.2, 0.25) is 5.02 Å². The van der Waals surface area contributed by atoms with Crippen LogP contribution < -0.4 is 19.1 Å². The van der Waals surface area contributed by atoms with Gasteiger partial charge < -0.3 is 19.1 Å². The van der Waals surface area contributed by atoms with Crippen LogP contribution in [0.3, 0.4) is 0 Å². The summed E-state index contributed by atoms with van der Waals surface area (Å²) in [5.41, 5.74) is 3.41. The molecule has 194 valence electrons. The predicted molar refractivity (Wildman–Crippen MR) is 148 cm³/mol. The Hall–Kier alpha value is -3.80. The Morgan fingerprint density at radius 3 is 2.45 bits per heavy atom. The highest BCUT2D eigenvalue weighted by molar-refractivity contribution is 8.03. The average Bonchev–Trinajstić information content (AvgIpc) is 2.96. The number of benzene rings is 3. The lowest BCUT2D eigenvalue weighted by Gasteiger charge is -2.42. The van der Waals surface area contributed by atoms with E-state index < -0.39 is 0 Å². The third-order valence-electron chi connectivity index (χ3n) is 6.62. The van der Waals surface area contributed by atoms with Crippen molar-refractivity contribution in [3.63, 3.8) is 0 Å². The van der Waals surface area contributed by atoms with E-state index in [1.165, 1.54) is 11.8 Å². The maximum Gasteiger partial charge on any atom is 0.229 e. The molecule has 3 aromatic carbocycles. The molecule has 1 atom stereocenters. The fourth-order valence-corrected chi connectivity index (χ4v) is 5.87. The number of ether oxygens (including phenoxy) is 3. The molecule has 38 heavy (non-hydrogen) atoms. The number of hydrogen-bond donors (Lipinski definition) is 0. The zero-order chi connectivity index (χ0) is 26.6. The zero-order valence-electron chi connectivity index (χ0n) is 21.0. The van der Waals surface area contributed by atoms with E-state index in [4.69, 9.17) is 25.8 Å². The van der Waals surface area contributed by atoms with Crippen molar-refractivity contribution in [3.8, 4) is 23.3 Å². The second kappa shape index (κ2) is 11.3. The summed E-state index contributed by atoms with van der Waals surface area (Å²) in [5, 5.41) is 11.5. The third kappa shape index (κ3) is 5.26. The second-order valence-electron chi connectivity index (χ2n) is 8.89. The van der Waals surface area contributed by atoms with Crippen molar-refractivity contribution >= 4 is 35.0 Å². The lowest BCUT2D eigenvalue weighted by atomic mass is 9.86. The maximum absolute atomic E-state index is 13.3. The molecule has 7 nitrogen and oxygen atoms in total. The Morgan fingerprint density at radius 1 is 1.03 bits per heavy atom. The van der Waals surface area contributed by atoms with Gasteiger partial charge in [-0.3, -0.25) is 9.69 Å². The molecule has 0 aliphatic carbocycles. The van der Waals surface area contributed by atoms with Crippen molar-refractivity contribution in [1.82, 2.24) is 4.90 Å². The van der Waals surface area contributed by atoms with Crippen molar-refractivity contribution in [2.45, 2.75) is 18.9 Å². The molecule has 1 amide bonds. The lowest BCUT2D eigenvalue weighted by Crippen LogP contribution is -2.47. The summed E-state index contributed by atoms with van der Waals surface area (Å²) in [6.07, 6.45) is 0.228. The van der Waals surface area contributed by atoms with Gasteiger partial charge in [-0.05, 0) is 47.5 Å². The first-order valence-electron chi connectivity index (χ1n) is 12.0. The van der Waals surface area contributed by atoms with Crippen LogP contribution in [0.1, 0.15) is 23.5 Å². The summed E-state index contributed by atoms with van der Waals surface area (Å²) in [7, 11) is 3.22. The molecule has 0 saturated carbocycles. The van der Waals surface area contributed by atoms with Gasteiger partial charge in [0.2, 0.25) is 5.91 Å². The summed E-state index contributed by atoms with van der Waals surface area (Å²) in [5.74, 6) is 2.35. The van der Waals surface area contributed by atoms with E-state index in [0.717, 1.165) is 27.6 Å². The van der Waals surface area contributed by atoms with E-state index in [0.29, 0.717) is 41.2 Å². The van der Waals surface area contributed by atoms with E-state index in [1.54, 1.807) is 19.1 Å². The van der Waals surface area contributed by atoms with E-state index in [2.05, 4.69) is 11.0 Å². The van der Waals surface area contributed by atoms with E-state index >= 15 is 0 Å². The molecule has 5 rings (SSSR count). The average molecular weight is 548 g/mol. The first kappa shape index (κ1) is 25.8. The maximum atomic E-state index is 13.3. The van der Waals surface area contributed by atoms with Gasteiger partial charge in [0.1, 0.15) is 23.9 Å². The summed E-state index contributed by atoms with van der Waals surface area (Å²) in [6.45, 7) is 0.770. The summed E-state index contributed by atoms with van der Waals surface area (Å²) in [4.78, 5) is 17.1. The number of nitrogens with zero attached hydrogens (tertiary/aromatic N) is 3. The smallest absolute Gasteiger partial charge is 0.229 e. The molecule has 2 aliphatic rings. The molecule has 9 heteroatoms. The number of anilines is 1. The second-order valence-corrected chi connectivity index (χ2v) is 10.3. The Labute approximate surface area is 231 Å². The minimum absolute atomic E-state index is 0.0169. The van der Waals surface area contributed by atoms with Crippen molar-refractivity contribution in [1.29, 1.82) is 5.26 Å². The molecule has 0 aromatic heterocycles. The van der Waals surface area contributed by atoms with E-state index in [1.807, 2.05) is 66.7 Å². The number of nitriles is 1. The Bertz CT molecular complexity index is 1400. The molecule has 2 aliphatic heterocycles. The van der Waals surface area contributed by atoms with E-state index in [-0.39, 0.29) is 18.2 Å². The summed E-state index contributed by atoms with van der Waals surface area (Å²) < 4.78 is 16.8. The first-order valence-corrected chi connectivity index (χ1v) is 13.4.